The number of fused-ring (bicyclic) bond motifs is 1. The average Bonchev–Trinajstić information content (AvgIpc) is 2.34. The minimum absolute atomic E-state index is 0.653. The van der Waals surface area contributed by atoms with Crippen LogP contribution in [-0.2, 0) is 0 Å². The molecule has 2 aromatic heterocycles. The van der Waals surface area contributed by atoms with Gasteiger partial charge in [0.25, 0.3) is 5.78 Å². The topological polar surface area (TPSA) is 43.1 Å². The molecule has 0 amide bonds. The van der Waals surface area contributed by atoms with Crippen molar-refractivity contribution in [3.8, 4) is 0 Å². The van der Waals surface area contributed by atoms with Gasteiger partial charge in [0.2, 0.25) is 0 Å². The maximum Gasteiger partial charge on any atom is 0.253 e. The van der Waals surface area contributed by atoms with E-state index in [1.54, 1.807) is 12.4 Å². The van der Waals surface area contributed by atoms with Crippen LogP contribution in [0.4, 0.5) is 0 Å². The fourth-order valence-electron chi connectivity index (χ4n) is 0.873. The van der Waals surface area contributed by atoms with E-state index in [1.807, 2.05) is 17.5 Å². The van der Waals surface area contributed by atoms with Gasteiger partial charge in [-0.15, -0.1) is 5.10 Å². The Hall–Kier alpha value is -1.45. The van der Waals surface area contributed by atoms with Gasteiger partial charge in [0, 0.05) is 11.9 Å². The molecule has 4 nitrogen and oxygen atoms in total. The Morgan fingerprint density at radius 2 is 2.40 bits per heavy atom. The molecule has 0 atom stereocenters. The highest BCUT2D eigenvalue weighted by atomic mass is 15.2. The molecule has 0 unspecified atom stereocenters. The van der Waals surface area contributed by atoms with Gasteiger partial charge in [-0.25, -0.2) is 4.98 Å². The number of rotatable bonds is 0. The van der Waals surface area contributed by atoms with E-state index in [-0.39, 0.29) is 0 Å². The molecule has 0 aliphatic heterocycles. The van der Waals surface area contributed by atoms with E-state index in [9.17, 15) is 0 Å². The Balaban J connectivity index is 2.93. The number of imidazole rings is 1. The summed E-state index contributed by atoms with van der Waals surface area (Å²) in [6, 6.07) is 0. The second kappa shape index (κ2) is 1.76. The van der Waals surface area contributed by atoms with Gasteiger partial charge in [-0.3, -0.25) is 4.40 Å². The molecule has 10 heavy (non-hydrogen) atoms. The number of nitrogens with zero attached hydrogens (tertiary/aromatic N) is 4. The van der Waals surface area contributed by atoms with Crippen molar-refractivity contribution in [2.75, 3.05) is 0 Å². The number of aryl methyl sites for hydroxylation is 1. The van der Waals surface area contributed by atoms with Crippen molar-refractivity contribution in [1.29, 1.82) is 0 Å². The van der Waals surface area contributed by atoms with E-state index >= 15 is 0 Å². The first-order valence-electron chi connectivity index (χ1n) is 2.99. The lowest BCUT2D eigenvalue weighted by molar-refractivity contribution is 0.950. The lowest BCUT2D eigenvalue weighted by atomic mass is 10.5. The van der Waals surface area contributed by atoms with Gasteiger partial charge in [-0.2, -0.15) is 5.10 Å². The van der Waals surface area contributed by atoms with E-state index in [1.165, 1.54) is 0 Å². The smallest absolute Gasteiger partial charge is 0.253 e. The summed E-state index contributed by atoms with van der Waals surface area (Å²) in [5, 5.41) is 7.50. The summed E-state index contributed by atoms with van der Waals surface area (Å²) in [6.07, 6.45) is 5.25. The third-order valence-electron chi connectivity index (χ3n) is 1.39. The summed E-state index contributed by atoms with van der Waals surface area (Å²) < 4.78 is 1.88. The van der Waals surface area contributed by atoms with Crippen LogP contribution >= 0.6 is 0 Å². The molecule has 2 rings (SSSR count). The fraction of sp³-hybridized carbons (Fsp3) is 0.167. The largest absolute Gasteiger partial charge is 0.286 e. The maximum absolute atomic E-state index is 4.01. The van der Waals surface area contributed by atoms with Crippen molar-refractivity contribution in [1.82, 2.24) is 19.6 Å². The predicted octanol–water partition coefficient (Wildman–Crippen LogP) is 0.433. The van der Waals surface area contributed by atoms with Crippen LogP contribution in [0.2, 0.25) is 0 Å². The van der Waals surface area contributed by atoms with E-state index in [0.29, 0.717) is 5.78 Å². The standard InChI is InChI=1S/C6H6N4/c1-5-4-7-6-9-8-2-3-10(5)6/h2-4H,1H3. The van der Waals surface area contributed by atoms with Crippen LogP contribution in [0.25, 0.3) is 5.78 Å². The highest BCUT2D eigenvalue weighted by Gasteiger charge is 1.95. The number of hydrogen-bond acceptors (Lipinski definition) is 3. The molecule has 0 radical (unpaired) electrons. The molecule has 0 fully saturated rings. The maximum atomic E-state index is 4.01. The monoisotopic (exact) mass is 134 g/mol. The highest BCUT2D eigenvalue weighted by Crippen LogP contribution is 1.98. The Morgan fingerprint density at radius 3 is 3.20 bits per heavy atom. The van der Waals surface area contributed by atoms with Crippen LogP contribution in [0, 0.1) is 6.92 Å². The van der Waals surface area contributed by atoms with Crippen molar-refractivity contribution in [2.45, 2.75) is 6.92 Å². The summed E-state index contributed by atoms with van der Waals surface area (Å²) in [7, 11) is 0. The molecule has 2 aromatic rings. The predicted molar refractivity (Wildman–Crippen MR) is 35.5 cm³/mol. The molecule has 0 saturated carbocycles. The molecule has 0 aromatic carbocycles. The van der Waals surface area contributed by atoms with Crippen LogP contribution in [-0.4, -0.2) is 19.6 Å². The van der Waals surface area contributed by atoms with Crippen molar-refractivity contribution in [3.63, 3.8) is 0 Å². The van der Waals surface area contributed by atoms with Gasteiger partial charge >= 0.3 is 0 Å². The molecule has 0 aliphatic rings. The van der Waals surface area contributed by atoms with E-state index < -0.39 is 0 Å². The zero-order valence-corrected chi connectivity index (χ0v) is 5.52. The third kappa shape index (κ3) is 0.586. The molecule has 0 aliphatic carbocycles. The quantitative estimate of drug-likeness (QED) is 0.524. The summed E-state index contributed by atoms with van der Waals surface area (Å²) in [6.45, 7) is 1.97. The van der Waals surface area contributed by atoms with Crippen molar-refractivity contribution in [3.05, 3.63) is 24.3 Å². The van der Waals surface area contributed by atoms with Gasteiger partial charge in [-0.05, 0) is 6.92 Å². The van der Waals surface area contributed by atoms with Crippen LogP contribution in [0.3, 0.4) is 0 Å². The van der Waals surface area contributed by atoms with Crippen molar-refractivity contribution in [2.24, 2.45) is 0 Å². The summed E-state index contributed by atoms with van der Waals surface area (Å²) in [5.74, 6) is 0.653. The number of aromatic nitrogens is 4. The van der Waals surface area contributed by atoms with Crippen molar-refractivity contribution >= 4 is 5.78 Å². The Kier molecular flexibility index (Phi) is 0.943. The molecular formula is C6H6N4. The first kappa shape index (κ1) is 5.34. The molecule has 0 saturated heterocycles. The van der Waals surface area contributed by atoms with E-state index in [0.717, 1.165) is 5.69 Å². The molecular weight excluding hydrogens is 128 g/mol. The van der Waals surface area contributed by atoms with Gasteiger partial charge in [0.1, 0.15) is 0 Å². The first-order chi connectivity index (χ1) is 4.88. The lowest BCUT2D eigenvalue weighted by Crippen LogP contribution is -1.90. The first-order valence-corrected chi connectivity index (χ1v) is 2.99. The summed E-state index contributed by atoms with van der Waals surface area (Å²) in [5.41, 5.74) is 1.07. The van der Waals surface area contributed by atoms with Gasteiger partial charge < -0.3 is 0 Å². The SMILES string of the molecule is Cc1cnc2nnccn12. The molecule has 0 bridgehead atoms. The second-order valence-corrected chi connectivity index (χ2v) is 2.08. The van der Waals surface area contributed by atoms with Crippen LogP contribution in [0.15, 0.2) is 18.6 Å². The third-order valence-corrected chi connectivity index (χ3v) is 1.39. The van der Waals surface area contributed by atoms with E-state index in [4.69, 9.17) is 0 Å². The van der Waals surface area contributed by atoms with Gasteiger partial charge in [0.15, 0.2) is 0 Å². The highest BCUT2D eigenvalue weighted by molar-refractivity contribution is 5.27. The summed E-state index contributed by atoms with van der Waals surface area (Å²) in [4.78, 5) is 4.01. The Labute approximate surface area is 57.5 Å². The average molecular weight is 134 g/mol. The van der Waals surface area contributed by atoms with Crippen LogP contribution in [0.5, 0.6) is 0 Å². The minimum Gasteiger partial charge on any atom is -0.286 e. The van der Waals surface area contributed by atoms with Crippen LogP contribution in [0.1, 0.15) is 5.69 Å². The second-order valence-electron chi connectivity index (χ2n) is 2.08. The Morgan fingerprint density at radius 1 is 1.50 bits per heavy atom. The van der Waals surface area contributed by atoms with E-state index in [2.05, 4.69) is 15.2 Å². The fourth-order valence-corrected chi connectivity index (χ4v) is 0.873. The molecule has 0 spiro atoms. The zero-order chi connectivity index (χ0) is 6.97. The lowest BCUT2D eigenvalue weighted by Gasteiger charge is -1.89. The molecule has 2 heterocycles. The minimum atomic E-state index is 0.653. The van der Waals surface area contributed by atoms with Crippen molar-refractivity contribution < 1.29 is 0 Å². The van der Waals surface area contributed by atoms with Crippen LogP contribution < -0.4 is 0 Å². The summed E-state index contributed by atoms with van der Waals surface area (Å²) >= 11 is 0. The zero-order valence-electron chi connectivity index (χ0n) is 5.52. The Bertz CT molecular complexity index is 351. The molecule has 0 N–H and O–H groups in total. The molecule has 50 valence electrons. The van der Waals surface area contributed by atoms with Gasteiger partial charge in [-0.1, -0.05) is 0 Å². The molecule has 4 heteroatoms. The number of hydrogen-bond donors (Lipinski definition) is 0. The normalized spacial score (nSPS) is 10.5. The van der Waals surface area contributed by atoms with Gasteiger partial charge in [0.05, 0.1) is 12.4 Å².